The highest BCUT2D eigenvalue weighted by Crippen LogP contribution is 2.33. The molecule has 0 unspecified atom stereocenters. The van der Waals surface area contributed by atoms with Crippen LogP contribution < -0.4 is 4.74 Å². The van der Waals surface area contributed by atoms with E-state index >= 15 is 0 Å². The predicted octanol–water partition coefficient (Wildman–Crippen LogP) is 5.18. The Morgan fingerprint density at radius 2 is 1.91 bits per heavy atom. The summed E-state index contributed by atoms with van der Waals surface area (Å²) < 4.78 is 13.0. The molecule has 0 bridgehead atoms. The summed E-state index contributed by atoms with van der Waals surface area (Å²) in [4.78, 5) is 22.7. The summed E-state index contributed by atoms with van der Waals surface area (Å²) in [6.07, 6.45) is -0.832. The number of carbonyl (C=O) groups is 1. The second-order valence-electron chi connectivity index (χ2n) is 7.00. The maximum atomic E-state index is 12.2. The number of hydrogen-bond donors (Lipinski definition) is 0. The normalized spacial score (nSPS) is 15.1. The van der Waals surface area contributed by atoms with Crippen LogP contribution >= 0.6 is 15.9 Å². The van der Waals surface area contributed by atoms with Crippen molar-refractivity contribution in [2.45, 2.75) is 19.8 Å². The van der Waals surface area contributed by atoms with Crippen LogP contribution in [0.5, 0.6) is 5.75 Å². The van der Waals surface area contributed by atoms with E-state index in [0.717, 1.165) is 10.0 Å². The molecule has 1 aliphatic heterocycles. The van der Waals surface area contributed by atoms with Crippen molar-refractivity contribution in [3.63, 3.8) is 0 Å². The minimum Gasteiger partial charge on any atom is -0.488 e. The van der Waals surface area contributed by atoms with Gasteiger partial charge in [-0.25, -0.2) is 0 Å². The SMILES string of the molecule is CC(=O)N1N=C(c2ccccc2OCc2cccc(Br)c2)O[C@@H]1c1ccc([N+](=O)[O-])cc1. The Bertz CT molecular complexity index is 1200. The molecular weight excluding hydrogens is 478 g/mol. The molecule has 0 saturated carbocycles. The van der Waals surface area contributed by atoms with Gasteiger partial charge in [0.25, 0.3) is 5.69 Å². The highest BCUT2D eigenvalue weighted by Gasteiger charge is 2.34. The Balaban J connectivity index is 1.59. The summed E-state index contributed by atoms with van der Waals surface area (Å²) in [5, 5.41) is 16.5. The van der Waals surface area contributed by atoms with Gasteiger partial charge in [0.1, 0.15) is 12.4 Å². The first kappa shape index (κ1) is 21.5. The number of hydrazone groups is 1. The molecule has 1 heterocycles. The molecule has 3 aromatic rings. The van der Waals surface area contributed by atoms with Gasteiger partial charge in [0.15, 0.2) is 0 Å². The van der Waals surface area contributed by atoms with Gasteiger partial charge in [-0.05, 0) is 42.0 Å². The first-order chi connectivity index (χ1) is 15.4. The zero-order chi connectivity index (χ0) is 22.7. The third-order valence-corrected chi connectivity index (χ3v) is 5.25. The lowest BCUT2D eigenvalue weighted by Gasteiger charge is -2.19. The van der Waals surface area contributed by atoms with Gasteiger partial charge in [-0.3, -0.25) is 14.9 Å². The van der Waals surface area contributed by atoms with Gasteiger partial charge in [-0.15, -0.1) is 5.10 Å². The molecule has 162 valence electrons. The summed E-state index contributed by atoms with van der Waals surface area (Å²) in [7, 11) is 0. The highest BCUT2D eigenvalue weighted by molar-refractivity contribution is 9.10. The molecular formula is C23H18BrN3O5. The van der Waals surface area contributed by atoms with E-state index in [1.807, 2.05) is 36.4 Å². The van der Waals surface area contributed by atoms with Crippen molar-refractivity contribution in [3.05, 3.63) is 104 Å². The van der Waals surface area contributed by atoms with Gasteiger partial charge in [0.05, 0.1) is 10.5 Å². The van der Waals surface area contributed by atoms with Gasteiger partial charge < -0.3 is 9.47 Å². The van der Waals surface area contributed by atoms with Crippen molar-refractivity contribution < 1.29 is 19.2 Å². The zero-order valence-electron chi connectivity index (χ0n) is 17.0. The lowest BCUT2D eigenvalue weighted by molar-refractivity contribution is -0.384. The van der Waals surface area contributed by atoms with Crippen molar-refractivity contribution in [3.8, 4) is 5.75 Å². The maximum absolute atomic E-state index is 12.2. The van der Waals surface area contributed by atoms with E-state index in [1.54, 1.807) is 24.3 Å². The standard InChI is InChI=1S/C23H18BrN3O5/c1-15(28)26-23(17-9-11-19(12-10-17)27(29)30)32-22(25-26)20-7-2-3-8-21(20)31-14-16-5-4-6-18(24)13-16/h2-13,23H,14H2,1H3/t23-/m1/s1. The summed E-state index contributed by atoms with van der Waals surface area (Å²) in [5.74, 6) is 0.461. The Hall–Kier alpha value is -3.72. The van der Waals surface area contributed by atoms with Gasteiger partial charge in [-0.2, -0.15) is 5.01 Å². The Morgan fingerprint density at radius 1 is 1.16 bits per heavy atom. The van der Waals surface area contributed by atoms with Crippen molar-refractivity contribution in [1.29, 1.82) is 0 Å². The maximum Gasteiger partial charge on any atom is 0.269 e. The summed E-state index contributed by atoms with van der Waals surface area (Å²) in [5.41, 5.74) is 2.10. The number of benzene rings is 3. The number of ether oxygens (including phenoxy) is 2. The molecule has 1 amide bonds. The fourth-order valence-corrected chi connectivity index (χ4v) is 3.66. The largest absolute Gasteiger partial charge is 0.488 e. The number of hydrogen-bond acceptors (Lipinski definition) is 6. The number of nitrogens with zero attached hydrogens (tertiary/aromatic N) is 3. The van der Waals surface area contributed by atoms with Crippen LogP contribution in [0, 0.1) is 10.1 Å². The van der Waals surface area contributed by atoms with E-state index < -0.39 is 11.2 Å². The number of para-hydroxylation sites is 1. The zero-order valence-corrected chi connectivity index (χ0v) is 18.6. The van der Waals surface area contributed by atoms with Crippen LogP contribution in [-0.2, 0) is 16.1 Å². The van der Waals surface area contributed by atoms with E-state index in [0.29, 0.717) is 23.5 Å². The molecule has 9 heteroatoms. The number of carbonyl (C=O) groups excluding carboxylic acids is 1. The van der Waals surface area contributed by atoms with Gasteiger partial charge >= 0.3 is 0 Å². The minimum atomic E-state index is -0.832. The molecule has 0 aromatic heterocycles. The monoisotopic (exact) mass is 495 g/mol. The van der Waals surface area contributed by atoms with E-state index in [-0.39, 0.29) is 17.5 Å². The quantitative estimate of drug-likeness (QED) is 0.347. The number of amides is 1. The topological polar surface area (TPSA) is 94.3 Å². The van der Waals surface area contributed by atoms with Crippen LogP contribution in [0.2, 0.25) is 0 Å². The van der Waals surface area contributed by atoms with E-state index in [4.69, 9.17) is 9.47 Å². The van der Waals surface area contributed by atoms with E-state index in [1.165, 1.54) is 24.1 Å². The summed E-state index contributed by atoms with van der Waals surface area (Å²) in [6.45, 7) is 1.72. The van der Waals surface area contributed by atoms with Crippen LogP contribution in [0.15, 0.2) is 82.4 Å². The molecule has 0 N–H and O–H groups in total. The molecule has 0 aliphatic carbocycles. The number of halogens is 1. The van der Waals surface area contributed by atoms with Crippen LogP contribution in [0.25, 0.3) is 0 Å². The fraction of sp³-hybridized carbons (Fsp3) is 0.130. The minimum absolute atomic E-state index is 0.0476. The predicted molar refractivity (Wildman–Crippen MR) is 121 cm³/mol. The third-order valence-electron chi connectivity index (χ3n) is 4.76. The Morgan fingerprint density at radius 3 is 2.59 bits per heavy atom. The first-order valence-corrected chi connectivity index (χ1v) is 10.5. The van der Waals surface area contributed by atoms with Gasteiger partial charge in [0.2, 0.25) is 18.0 Å². The second-order valence-corrected chi connectivity index (χ2v) is 7.92. The number of nitro groups is 1. The van der Waals surface area contributed by atoms with Gasteiger partial charge in [0, 0.05) is 29.1 Å². The summed E-state index contributed by atoms with van der Waals surface area (Å²) in [6, 6.07) is 20.9. The molecule has 0 fully saturated rings. The second kappa shape index (κ2) is 9.19. The first-order valence-electron chi connectivity index (χ1n) is 9.68. The average Bonchev–Trinajstić information content (AvgIpc) is 3.24. The molecule has 0 radical (unpaired) electrons. The Labute approximate surface area is 192 Å². The smallest absolute Gasteiger partial charge is 0.269 e. The van der Waals surface area contributed by atoms with Crippen LogP contribution in [0.1, 0.15) is 29.8 Å². The number of non-ortho nitro benzene ring substituents is 1. The van der Waals surface area contributed by atoms with Crippen LogP contribution in [0.3, 0.4) is 0 Å². The lowest BCUT2D eigenvalue weighted by atomic mass is 10.1. The molecule has 1 aliphatic rings. The van der Waals surface area contributed by atoms with E-state index in [2.05, 4.69) is 21.0 Å². The van der Waals surface area contributed by atoms with Crippen molar-refractivity contribution in [2.75, 3.05) is 0 Å². The van der Waals surface area contributed by atoms with Crippen molar-refractivity contribution >= 4 is 33.4 Å². The average molecular weight is 496 g/mol. The highest BCUT2D eigenvalue weighted by atomic mass is 79.9. The number of nitro benzene ring substituents is 1. The molecule has 32 heavy (non-hydrogen) atoms. The molecule has 8 nitrogen and oxygen atoms in total. The molecule has 4 rings (SSSR count). The Kier molecular flexibility index (Phi) is 6.18. The summed E-state index contributed by atoms with van der Waals surface area (Å²) >= 11 is 3.45. The molecule has 0 spiro atoms. The van der Waals surface area contributed by atoms with Crippen molar-refractivity contribution in [1.82, 2.24) is 5.01 Å². The van der Waals surface area contributed by atoms with E-state index in [9.17, 15) is 14.9 Å². The molecule has 3 aromatic carbocycles. The van der Waals surface area contributed by atoms with Crippen molar-refractivity contribution in [2.24, 2.45) is 5.10 Å². The van der Waals surface area contributed by atoms with Crippen LogP contribution in [-0.4, -0.2) is 21.7 Å². The van der Waals surface area contributed by atoms with Gasteiger partial charge in [-0.1, -0.05) is 40.2 Å². The third kappa shape index (κ3) is 4.62. The fourth-order valence-electron chi connectivity index (χ4n) is 3.21. The lowest BCUT2D eigenvalue weighted by Crippen LogP contribution is -2.25. The van der Waals surface area contributed by atoms with Crippen LogP contribution in [0.4, 0.5) is 5.69 Å². The number of rotatable bonds is 6. The molecule has 1 atom stereocenters. The molecule has 0 saturated heterocycles.